The topological polar surface area (TPSA) is 20.3 Å². The highest BCUT2D eigenvalue weighted by atomic mass is 35.5. The van der Waals surface area contributed by atoms with Crippen molar-refractivity contribution >= 4 is 17.9 Å². The van der Waals surface area contributed by atoms with Crippen LogP contribution in [0.15, 0.2) is 18.2 Å². The second-order valence-corrected chi connectivity index (χ2v) is 4.89. The van der Waals surface area contributed by atoms with Gasteiger partial charge in [0.25, 0.3) is 0 Å². The van der Waals surface area contributed by atoms with Crippen molar-refractivity contribution in [2.24, 2.45) is 5.92 Å². The van der Waals surface area contributed by atoms with Crippen LogP contribution in [0.3, 0.4) is 0 Å². The number of hydrogen-bond donors (Lipinski definition) is 0. The fourth-order valence-corrected chi connectivity index (χ4v) is 2.45. The smallest absolute Gasteiger partial charge is 0.146 e. The zero-order valence-electron chi connectivity index (χ0n) is 9.53. The lowest BCUT2D eigenvalue weighted by molar-refractivity contribution is -0.112. The normalized spacial score (nSPS) is 21.4. The van der Waals surface area contributed by atoms with Crippen molar-refractivity contribution in [2.75, 3.05) is 13.1 Å². The van der Waals surface area contributed by atoms with Crippen molar-refractivity contribution < 1.29 is 9.18 Å². The second-order valence-electron chi connectivity index (χ2n) is 4.49. The SMILES string of the molecule is O=CC1CCCN(Cc2cccc(Cl)c2F)C1. The van der Waals surface area contributed by atoms with E-state index < -0.39 is 0 Å². The number of hydrogen-bond acceptors (Lipinski definition) is 2. The molecule has 1 aliphatic heterocycles. The van der Waals surface area contributed by atoms with E-state index in [-0.39, 0.29) is 16.8 Å². The Labute approximate surface area is 105 Å². The van der Waals surface area contributed by atoms with Crippen LogP contribution in [0.25, 0.3) is 0 Å². The molecule has 2 rings (SSSR count). The van der Waals surface area contributed by atoms with Crippen LogP contribution in [0.1, 0.15) is 18.4 Å². The summed E-state index contributed by atoms with van der Waals surface area (Å²) in [4.78, 5) is 12.9. The number of rotatable bonds is 3. The Kier molecular flexibility index (Phi) is 4.13. The summed E-state index contributed by atoms with van der Waals surface area (Å²) in [6.45, 7) is 2.16. The number of benzene rings is 1. The van der Waals surface area contributed by atoms with E-state index in [2.05, 4.69) is 4.90 Å². The Morgan fingerprint density at radius 3 is 3.12 bits per heavy atom. The minimum Gasteiger partial charge on any atom is -0.303 e. The summed E-state index contributed by atoms with van der Waals surface area (Å²) in [5.74, 6) is -0.256. The van der Waals surface area contributed by atoms with Crippen LogP contribution in [0.2, 0.25) is 5.02 Å². The standard InChI is InChI=1S/C13H15ClFNO/c14-12-5-1-4-11(13(12)15)8-16-6-2-3-10(7-16)9-17/h1,4-5,9-10H,2-3,6-8H2. The summed E-state index contributed by atoms with van der Waals surface area (Å²) in [5, 5.41) is 0.159. The van der Waals surface area contributed by atoms with Crippen molar-refractivity contribution in [2.45, 2.75) is 19.4 Å². The summed E-state index contributed by atoms with van der Waals surface area (Å²) in [6.07, 6.45) is 2.93. The first-order valence-corrected chi connectivity index (χ1v) is 6.19. The van der Waals surface area contributed by atoms with Gasteiger partial charge in [0.15, 0.2) is 0 Å². The van der Waals surface area contributed by atoms with Gasteiger partial charge in [0.05, 0.1) is 5.02 Å². The highest BCUT2D eigenvalue weighted by Crippen LogP contribution is 2.22. The van der Waals surface area contributed by atoms with E-state index in [4.69, 9.17) is 11.6 Å². The third-order valence-corrected chi connectivity index (χ3v) is 3.45. The molecule has 0 spiro atoms. The van der Waals surface area contributed by atoms with Gasteiger partial charge in [0, 0.05) is 24.6 Å². The van der Waals surface area contributed by atoms with Gasteiger partial charge >= 0.3 is 0 Å². The average Bonchev–Trinajstić information content (AvgIpc) is 2.35. The maximum absolute atomic E-state index is 13.7. The molecule has 4 heteroatoms. The van der Waals surface area contributed by atoms with Crippen LogP contribution in [-0.2, 0) is 11.3 Å². The molecule has 1 aromatic rings. The molecule has 1 aromatic carbocycles. The third kappa shape index (κ3) is 3.05. The molecule has 1 unspecified atom stereocenters. The van der Waals surface area contributed by atoms with Crippen molar-refractivity contribution in [3.8, 4) is 0 Å². The maximum Gasteiger partial charge on any atom is 0.146 e. The van der Waals surface area contributed by atoms with E-state index in [9.17, 15) is 9.18 Å². The van der Waals surface area contributed by atoms with Gasteiger partial charge in [-0.15, -0.1) is 0 Å². The highest BCUT2D eigenvalue weighted by molar-refractivity contribution is 6.30. The van der Waals surface area contributed by atoms with Crippen molar-refractivity contribution in [3.05, 3.63) is 34.6 Å². The number of aldehydes is 1. The van der Waals surface area contributed by atoms with E-state index >= 15 is 0 Å². The van der Waals surface area contributed by atoms with Crippen LogP contribution in [-0.4, -0.2) is 24.3 Å². The fraction of sp³-hybridized carbons (Fsp3) is 0.462. The lowest BCUT2D eigenvalue weighted by Gasteiger charge is -2.30. The van der Waals surface area contributed by atoms with Gasteiger partial charge in [-0.2, -0.15) is 0 Å². The number of halogens is 2. The second kappa shape index (κ2) is 5.61. The van der Waals surface area contributed by atoms with Gasteiger partial charge in [-0.25, -0.2) is 4.39 Å². The fourth-order valence-electron chi connectivity index (χ4n) is 2.26. The number of nitrogens with zero attached hydrogens (tertiary/aromatic N) is 1. The van der Waals surface area contributed by atoms with Gasteiger partial charge in [0.1, 0.15) is 12.1 Å². The molecule has 0 bridgehead atoms. The predicted octanol–water partition coefficient (Wildman–Crippen LogP) is 2.89. The monoisotopic (exact) mass is 255 g/mol. The quantitative estimate of drug-likeness (QED) is 0.774. The van der Waals surface area contributed by atoms with Gasteiger partial charge in [0.2, 0.25) is 0 Å². The molecular weight excluding hydrogens is 241 g/mol. The molecule has 0 N–H and O–H groups in total. The van der Waals surface area contributed by atoms with Crippen molar-refractivity contribution in [1.82, 2.24) is 4.90 Å². The van der Waals surface area contributed by atoms with E-state index in [1.54, 1.807) is 18.2 Å². The molecule has 0 radical (unpaired) electrons. The largest absolute Gasteiger partial charge is 0.303 e. The summed E-state index contributed by atoms with van der Waals surface area (Å²) in [6, 6.07) is 5.04. The average molecular weight is 256 g/mol. The molecule has 92 valence electrons. The molecule has 1 fully saturated rings. The first-order valence-electron chi connectivity index (χ1n) is 5.81. The molecule has 2 nitrogen and oxygen atoms in total. The highest BCUT2D eigenvalue weighted by Gasteiger charge is 2.20. The van der Waals surface area contributed by atoms with Crippen molar-refractivity contribution in [1.29, 1.82) is 0 Å². The van der Waals surface area contributed by atoms with E-state index in [1.807, 2.05) is 0 Å². The van der Waals surface area contributed by atoms with E-state index in [0.29, 0.717) is 12.1 Å². The van der Waals surface area contributed by atoms with Crippen molar-refractivity contribution in [3.63, 3.8) is 0 Å². The zero-order valence-corrected chi connectivity index (χ0v) is 10.3. The molecule has 17 heavy (non-hydrogen) atoms. The summed E-state index contributed by atoms with van der Waals surface area (Å²) in [7, 11) is 0. The van der Waals surface area contributed by atoms with Gasteiger partial charge in [-0.3, -0.25) is 4.90 Å². The van der Waals surface area contributed by atoms with E-state index in [1.165, 1.54) is 0 Å². The lowest BCUT2D eigenvalue weighted by Crippen LogP contribution is -2.35. The molecule has 0 aliphatic carbocycles. The number of carbonyl (C=O) groups is 1. The molecule has 0 aromatic heterocycles. The Bertz CT molecular complexity index is 410. The molecule has 1 heterocycles. The van der Waals surface area contributed by atoms with Crippen LogP contribution in [0, 0.1) is 11.7 Å². The summed E-state index contributed by atoms with van der Waals surface area (Å²) < 4.78 is 13.7. The van der Waals surface area contributed by atoms with Crippen LogP contribution >= 0.6 is 11.6 Å². The Morgan fingerprint density at radius 1 is 1.53 bits per heavy atom. The first-order chi connectivity index (χ1) is 8.20. The van der Waals surface area contributed by atoms with Crippen LogP contribution in [0.4, 0.5) is 4.39 Å². The Hall–Kier alpha value is -0.930. The molecule has 0 saturated carbocycles. The van der Waals surface area contributed by atoms with E-state index in [0.717, 1.165) is 32.2 Å². The minimum absolute atomic E-state index is 0.0889. The minimum atomic E-state index is -0.345. The zero-order chi connectivity index (χ0) is 12.3. The van der Waals surface area contributed by atoms with Gasteiger partial charge < -0.3 is 4.79 Å². The Morgan fingerprint density at radius 2 is 2.35 bits per heavy atom. The molecule has 1 atom stereocenters. The molecule has 0 amide bonds. The van der Waals surface area contributed by atoms with Crippen LogP contribution < -0.4 is 0 Å². The molecule has 1 aliphatic rings. The number of piperidine rings is 1. The molecular formula is C13H15ClFNO. The Balaban J connectivity index is 2.05. The van der Waals surface area contributed by atoms with Gasteiger partial charge in [-0.05, 0) is 25.5 Å². The number of carbonyl (C=O) groups excluding carboxylic acids is 1. The third-order valence-electron chi connectivity index (χ3n) is 3.16. The summed E-state index contributed by atoms with van der Waals surface area (Å²) >= 11 is 5.74. The number of likely N-dealkylation sites (tertiary alicyclic amines) is 1. The maximum atomic E-state index is 13.7. The lowest BCUT2D eigenvalue weighted by atomic mass is 9.99. The molecule has 1 saturated heterocycles. The van der Waals surface area contributed by atoms with Gasteiger partial charge in [-0.1, -0.05) is 23.7 Å². The van der Waals surface area contributed by atoms with Crippen LogP contribution in [0.5, 0.6) is 0 Å². The summed E-state index contributed by atoms with van der Waals surface area (Å²) in [5.41, 5.74) is 0.601. The first kappa shape index (κ1) is 12.5. The predicted molar refractivity (Wildman–Crippen MR) is 65.5 cm³/mol.